The van der Waals surface area contributed by atoms with E-state index in [9.17, 15) is 5.11 Å². The van der Waals surface area contributed by atoms with Crippen molar-refractivity contribution < 1.29 is 9.84 Å². The van der Waals surface area contributed by atoms with Crippen molar-refractivity contribution in [3.8, 4) is 5.75 Å². The SMILES string of the molecule is CC(O)c1cccn1Cc1cc(Cl)cc2c1OCC2. The Balaban J connectivity index is 1.98. The van der Waals surface area contributed by atoms with Crippen LogP contribution in [-0.2, 0) is 13.0 Å². The van der Waals surface area contributed by atoms with Crippen molar-refractivity contribution in [2.45, 2.75) is 26.0 Å². The number of fused-ring (bicyclic) bond motifs is 1. The van der Waals surface area contributed by atoms with Crippen LogP contribution in [0.1, 0.15) is 29.8 Å². The molecule has 0 aliphatic carbocycles. The lowest BCUT2D eigenvalue weighted by molar-refractivity contribution is 0.189. The first kappa shape index (κ1) is 12.6. The summed E-state index contributed by atoms with van der Waals surface area (Å²) in [6, 6.07) is 7.78. The maximum absolute atomic E-state index is 9.74. The Labute approximate surface area is 117 Å². The average Bonchev–Trinajstić information content (AvgIpc) is 2.96. The summed E-state index contributed by atoms with van der Waals surface area (Å²) < 4.78 is 7.73. The lowest BCUT2D eigenvalue weighted by Gasteiger charge is -2.14. The first-order valence-electron chi connectivity index (χ1n) is 6.42. The number of benzene rings is 1. The molecule has 1 atom stereocenters. The van der Waals surface area contributed by atoms with Crippen LogP contribution in [0.15, 0.2) is 30.5 Å². The molecule has 3 rings (SSSR count). The molecule has 0 saturated heterocycles. The van der Waals surface area contributed by atoms with Crippen molar-refractivity contribution >= 4 is 11.6 Å². The minimum atomic E-state index is -0.483. The van der Waals surface area contributed by atoms with Crippen molar-refractivity contribution in [2.24, 2.45) is 0 Å². The van der Waals surface area contributed by atoms with Crippen LogP contribution in [0.2, 0.25) is 5.02 Å². The highest BCUT2D eigenvalue weighted by atomic mass is 35.5. The largest absolute Gasteiger partial charge is 0.493 e. The van der Waals surface area contributed by atoms with Gasteiger partial charge in [-0.25, -0.2) is 0 Å². The number of rotatable bonds is 3. The van der Waals surface area contributed by atoms with Crippen LogP contribution < -0.4 is 4.74 Å². The third-order valence-electron chi connectivity index (χ3n) is 3.46. The second-order valence-electron chi connectivity index (χ2n) is 4.89. The highest BCUT2D eigenvalue weighted by Gasteiger charge is 2.18. The van der Waals surface area contributed by atoms with Crippen molar-refractivity contribution in [3.05, 3.63) is 52.3 Å². The Kier molecular flexibility index (Phi) is 3.25. The van der Waals surface area contributed by atoms with Gasteiger partial charge in [0.25, 0.3) is 0 Å². The number of halogens is 1. The van der Waals surface area contributed by atoms with E-state index in [-0.39, 0.29) is 0 Å². The fourth-order valence-corrected chi connectivity index (χ4v) is 2.86. The number of aliphatic hydroxyl groups excluding tert-OH is 1. The van der Waals surface area contributed by atoms with Gasteiger partial charge in [-0.05, 0) is 36.8 Å². The molecule has 1 aromatic heterocycles. The van der Waals surface area contributed by atoms with E-state index in [4.69, 9.17) is 16.3 Å². The van der Waals surface area contributed by atoms with Crippen LogP contribution in [0, 0.1) is 0 Å². The summed E-state index contributed by atoms with van der Waals surface area (Å²) in [4.78, 5) is 0. The Morgan fingerprint density at radius 2 is 2.32 bits per heavy atom. The van der Waals surface area contributed by atoms with Gasteiger partial charge in [0.2, 0.25) is 0 Å². The minimum Gasteiger partial charge on any atom is -0.493 e. The van der Waals surface area contributed by atoms with Gasteiger partial charge in [0.05, 0.1) is 19.3 Å². The first-order chi connectivity index (χ1) is 9.15. The van der Waals surface area contributed by atoms with Gasteiger partial charge in [0.15, 0.2) is 0 Å². The molecule has 1 N–H and O–H groups in total. The fourth-order valence-electron chi connectivity index (χ4n) is 2.60. The molecule has 1 unspecified atom stereocenters. The molecule has 100 valence electrons. The Morgan fingerprint density at radius 1 is 1.47 bits per heavy atom. The standard InChI is InChI=1S/C15H16ClNO2/c1-10(18)14-3-2-5-17(14)9-12-8-13(16)7-11-4-6-19-15(11)12/h2-3,5,7-8,10,18H,4,6,9H2,1H3. The number of hydrogen-bond donors (Lipinski definition) is 1. The Hall–Kier alpha value is -1.45. The minimum absolute atomic E-state index is 0.483. The van der Waals surface area contributed by atoms with Crippen molar-refractivity contribution in [2.75, 3.05) is 6.61 Å². The number of ether oxygens (including phenoxy) is 1. The number of nitrogens with zero attached hydrogens (tertiary/aromatic N) is 1. The zero-order valence-corrected chi connectivity index (χ0v) is 11.5. The molecule has 1 aliphatic heterocycles. The molecule has 1 aliphatic rings. The monoisotopic (exact) mass is 277 g/mol. The van der Waals surface area contributed by atoms with Gasteiger partial charge >= 0.3 is 0 Å². The molecule has 4 heteroatoms. The van der Waals surface area contributed by atoms with Crippen LogP contribution in [0.3, 0.4) is 0 Å². The molecule has 0 fully saturated rings. The van der Waals surface area contributed by atoms with E-state index < -0.39 is 6.10 Å². The molecule has 0 spiro atoms. The highest BCUT2D eigenvalue weighted by Crippen LogP contribution is 2.33. The maximum Gasteiger partial charge on any atom is 0.127 e. The molecular weight excluding hydrogens is 262 g/mol. The quantitative estimate of drug-likeness (QED) is 0.935. The van der Waals surface area contributed by atoms with Gasteiger partial charge in [-0.15, -0.1) is 0 Å². The summed E-state index contributed by atoms with van der Waals surface area (Å²) in [5.41, 5.74) is 3.14. The maximum atomic E-state index is 9.74. The number of hydrogen-bond acceptors (Lipinski definition) is 2. The first-order valence-corrected chi connectivity index (χ1v) is 6.80. The predicted octanol–water partition coefficient (Wildman–Crippen LogP) is 3.18. The van der Waals surface area contributed by atoms with E-state index in [0.717, 1.165) is 35.1 Å². The molecule has 0 bridgehead atoms. The predicted molar refractivity (Wildman–Crippen MR) is 74.8 cm³/mol. The zero-order chi connectivity index (χ0) is 13.4. The molecule has 2 heterocycles. The summed E-state index contributed by atoms with van der Waals surface area (Å²) in [6.07, 6.45) is 2.39. The molecule has 0 radical (unpaired) electrons. The number of aromatic nitrogens is 1. The smallest absolute Gasteiger partial charge is 0.127 e. The zero-order valence-electron chi connectivity index (χ0n) is 10.8. The summed E-state index contributed by atoms with van der Waals surface area (Å²) in [7, 11) is 0. The average molecular weight is 278 g/mol. The van der Waals surface area contributed by atoms with E-state index in [1.165, 1.54) is 5.56 Å². The van der Waals surface area contributed by atoms with Crippen LogP contribution in [-0.4, -0.2) is 16.3 Å². The molecule has 3 nitrogen and oxygen atoms in total. The van der Waals surface area contributed by atoms with Crippen molar-refractivity contribution in [3.63, 3.8) is 0 Å². The van der Waals surface area contributed by atoms with E-state index >= 15 is 0 Å². The third kappa shape index (κ3) is 2.36. The Morgan fingerprint density at radius 3 is 3.11 bits per heavy atom. The summed E-state index contributed by atoms with van der Waals surface area (Å²) in [6.45, 7) is 3.15. The topological polar surface area (TPSA) is 34.4 Å². The second-order valence-corrected chi connectivity index (χ2v) is 5.32. The van der Waals surface area contributed by atoms with E-state index in [1.54, 1.807) is 6.92 Å². The lowest BCUT2D eigenvalue weighted by atomic mass is 10.1. The van der Waals surface area contributed by atoms with E-state index in [2.05, 4.69) is 0 Å². The van der Waals surface area contributed by atoms with Gasteiger partial charge < -0.3 is 14.4 Å². The Bertz CT molecular complexity index is 604. The molecule has 0 saturated carbocycles. The van der Waals surface area contributed by atoms with Crippen molar-refractivity contribution in [1.29, 1.82) is 0 Å². The third-order valence-corrected chi connectivity index (χ3v) is 3.68. The molecular formula is C15H16ClNO2. The van der Waals surface area contributed by atoms with Crippen LogP contribution in [0.5, 0.6) is 5.75 Å². The normalized spacial score (nSPS) is 15.1. The number of aliphatic hydroxyl groups is 1. The highest BCUT2D eigenvalue weighted by molar-refractivity contribution is 6.30. The molecule has 19 heavy (non-hydrogen) atoms. The molecule has 0 amide bonds. The van der Waals surface area contributed by atoms with Crippen LogP contribution in [0.4, 0.5) is 0 Å². The summed E-state index contributed by atoms with van der Waals surface area (Å²) in [5.74, 6) is 0.953. The van der Waals surface area contributed by atoms with Crippen molar-refractivity contribution in [1.82, 2.24) is 4.57 Å². The van der Waals surface area contributed by atoms with Gasteiger partial charge in [-0.3, -0.25) is 0 Å². The van der Waals surface area contributed by atoms with E-state index in [1.807, 2.05) is 35.0 Å². The second kappa shape index (κ2) is 4.91. The molecule has 2 aromatic rings. The van der Waals surface area contributed by atoms with Gasteiger partial charge in [-0.2, -0.15) is 0 Å². The molecule has 1 aromatic carbocycles. The van der Waals surface area contributed by atoms with E-state index in [0.29, 0.717) is 6.54 Å². The van der Waals surface area contributed by atoms with Gasteiger partial charge in [-0.1, -0.05) is 11.6 Å². The lowest BCUT2D eigenvalue weighted by Crippen LogP contribution is -2.06. The van der Waals surface area contributed by atoms with Crippen LogP contribution in [0.25, 0.3) is 0 Å². The fraction of sp³-hybridized carbons (Fsp3) is 0.333. The van der Waals surface area contributed by atoms with Gasteiger partial charge in [0.1, 0.15) is 5.75 Å². The van der Waals surface area contributed by atoms with Gasteiger partial charge in [0, 0.05) is 28.9 Å². The summed E-state index contributed by atoms with van der Waals surface area (Å²) in [5, 5.41) is 10.5. The van der Waals surface area contributed by atoms with Crippen LogP contribution >= 0.6 is 11.6 Å². The summed E-state index contributed by atoms with van der Waals surface area (Å²) >= 11 is 6.16.